The summed E-state index contributed by atoms with van der Waals surface area (Å²) in [5, 5.41) is 0. The Kier molecular flexibility index (Phi) is 7.05. The van der Waals surface area contributed by atoms with E-state index >= 15 is 0 Å². The number of aryl methyl sites for hydroxylation is 1. The van der Waals surface area contributed by atoms with Crippen molar-refractivity contribution in [2.24, 2.45) is 0 Å². The average Bonchev–Trinajstić information content (AvgIpc) is 2.94. The first-order valence-corrected chi connectivity index (χ1v) is 12.5. The molecule has 17 heteroatoms. The smallest absolute Gasteiger partial charge is 0.365 e. The molecule has 0 spiro atoms. The molecule has 14 nitrogen and oxygen atoms in total. The van der Waals surface area contributed by atoms with Crippen LogP contribution >= 0.6 is 23.2 Å². The molecule has 0 bridgehead atoms. The molecule has 4 atom stereocenters. The Morgan fingerprint density at radius 3 is 2.39 bits per heavy atom. The van der Waals surface area contributed by atoms with Crippen LogP contribution in [0, 0.1) is 6.92 Å². The Hall–Kier alpha value is -0.910. The van der Waals surface area contributed by atoms with Gasteiger partial charge >= 0.3 is 28.9 Å². The maximum atomic E-state index is 11.9. The standard InChI is InChI=1S/C11H19N2O12P3/c1-7-5-13(11(15)12-10(7)14)8-2-3-9(4-8)23-6-26(16,17)24-28(21,22)25-27(18,19)20/h5,8-9H,2-4,6H2,1H3,(H,16,17)(H,21,22)(H,12,14,15)(H2,18,19,20)/t8-,9+/m0/s1. The number of rotatable bonds is 8. The number of phosphoric acid groups is 2. The summed E-state index contributed by atoms with van der Waals surface area (Å²) in [7, 11) is -15.8. The van der Waals surface area contributed by atoms with Crippen LogP contribution in [0.25, 0.3) is 0 Å². The molecule has 5 N–H and O–H groups in total. The van der Waals surface area contributed by atoms with E-state index in [1.807, 2.05) is 0 Å². The average molecular weight is 464 g/mol. The molecule has 1 aliphatic rings. The van der Waals surface area contributed by atoms with Gasteiger partial charge in [0.1, 0.15) is 6.35 Å². The number of aromatic nitrogens is 2. The molecular formula is C11H19N2O12P3. The highest BCUT2D eigenvalue weighted by Crippen LogP contribution is 2.66. The highest BCUT2D eigenvalue weighted by Gasteiger charge is 2.40. The second-order valence-electron chi connectivity index (χ2n) is 6.12. The molecular weight excluding hydrogens is 445 g/mol. The van der Waals surface area contributed by atoms with Crippen LogP contribution in [0.15, 0.2) is 15.8 Å². The summed E-state index contributed by atoms with van der Waals surface area (Å²) in [6, 6.07) is -0.339. The largest absolute Gasteiger partial charge is 0.488 e. The fraction of sp³-hybridized carbons (Fsp3) is 0.636. The number of nitrogens with one attached hydrogen (secondary N) is 1. The topological polar surface area (TPSA) is 215 Å². The number of nitrogens with zero attached hydrogens (tertiary/aromatic N) is 1. The van der Waals surface area contributed by atoms with E-state index in [9.17, 15) is 28.2 Å². The summed E-state index contributed by atoms with van der Waals surface area (Å²) >= 11 is 0. The fourth-order valence-electron chi connectivity index (χ4n) is 2.71. The third kappa shape index (κ3) is 6.85. The predicted octanol–water partition coefficient (Wildman–Crippen LogP) is 0.324. The maximum Gasteiger partial charge on any atom is 0.488 e. The molecule has 1 aromatic heterocycles. The highest BCUT2D eigenvalue weighted by atomic mass is 31.3. The molecule has 1 saturated carbocycles. The van der Waals surface area contributed by atoms with Crippen LogP contribution in [-0.4, -0.2) is 41.6 Å². The Morgan fingerprint density at radius 1 is 1.14 bits per heavy atom. The van der Waals surface area contributed by atoms with Gasteiger partial charge in [-0.3, -0.25) is 18.9 Å². The van der Waals surface area contributed by atoms with E-state index in [4.69, 9.17) is 19.4 Å². The monoisotopic (exact) mass is 464 g/mol. The predicted molar refractivity (Wildman–Crippen MR) is 92.6 cm³/mol. The van der Waals surface area contributed by atoms with Gasteiger partial charge in [0.25, 0.3) is 5.56 Å². The van der Waals surface area contributed by atoms with Gasteiger partial charge < -0.3 is 24.3 Å². The van der Waals surface area contributed by atoms with E-state index in [0.29, 0.717) is 18.4 Å². The van der Waals surface area contributed by atoms with Crippen molar-refractivity contribution < 1.29 is 46.6 Å². The lowest BCUT2D eigenvalue weighted by atomic mass is 10.2. The van der Waals surface area contributed by atoms with Crippen molar-refractivity contribution in [1.82, 2.24) is 9.55 Å². The third-order valence-corrected chi connectivity index (χ3v) is 7.81. The normalized spacial score (nSPS) is 24.6. The highest BCUT2D eigenvalue weighted by molar-refractivity contribution is 7.68. The number of aromatic amines is 1. The summed E-state index contributed by atoms with van der Waals surface area (Å²) in [5.74, 6) is 0. The van der Waals surface area contributed by atoms with Crippen molar-refractivity contribution >= 4 is 23.2 Å². The van der Waals surface area contributed by atoms with Crippen molar-refractivity contribution in [2.45, 2.75) is 38.3 Å². The molecule has 1 aromatic rings. The number of H-pyrrole nitrogens is 1. The van der Waals surface area contributed by atoms with Crippen LogP contribution in [0.2, 0.25) is 0 Å². The van der Waals surface area contributed by atoms with Crippen LogP contribution in [0.4, 0.5) is 0 Å². The minimum absolute atomic E-state index is 0.251. The van der Waals surface area contributed by atoms with E-state index in [1.165, 1.54) is 17.7 Å². The maximum absolute atomic E-state index is 11.9. The number of hydrogen-bond acceptors (Lipinski definition) is 8. The molecule has 0 saturated heterocycles. The minimum Gasteiger partial charge on any atom is -0.365 e. The number of ether oxygens (including phenoxy) is 1. The lowest BCUT2D eigenvalue weighted by Crippen LogP contribution is -2.32. The fourth-order valence-corrected chi connectivity index (χ4v) is 6.05. The molecule has 1 fully saturated rings. The van der Waals surface area contributed by atoms with Crippen molar-refractivity contribution in [1.29, 1.82) is 0 Å². The van der Waals surface area contributed by atoms with Crippen LogP contribution in [-0.2, 0) is 27.1 Å². The van der Waals surface area contributed by atoms with Gasteiger partial charge in [-0.1, -0.05) is 0 Å². The first kappa shape index (κ1) is 23.4. The third-order valence-electron chi connectivity index (χ3n) is 3.81. The molecule has 2 rings (SSSR count). The van der Waals surface area contributed by atoms with Gasteiger partial charge in [0.2, 0.25) is 0 Å². The van der Waals surface area contributed by atoms with Gasteiger partial charge in [0, 0.05) is 17.8 Å². The Balaban J connectivity index is 1.95. The zero-order valence-electron chi connectivity index (χ0n) is 14.4. The molecule has 0 aliphatic heterocycles. The molecule has 0 amide bonds. The molecule has 28 heavy (non-hydrogen) atoms. The van der Waals surface area contributed by atoms with Crippen LogP contribution in [0.3, 0.4) is 0 Å². The van der Waals surface area contributed by atoms with Gasteiger partial charge in [-0.25, -0.2) is 18.2 Å². The second kappa shape index (κ2) is 8.45. The Bertz CT molecular complexity index is 980. The summed E-state index contributed by atoms with van der Waals surface area (Å²) in [4.78, 5) is 61.1. The van der Waals surface area contributed by atoms with E-state index in [0.717, 1.165) is 0 Å². The lowest BCUT2D eigenvalue weighted by Gasteiger charge is -2.19. The van der Waals surface area contributed by atoms with Gasteiger partial charge in [-0.15, -0.1) is 0 Å². The van der Waals surface area contributed by atoms with Crippen molar-refractivity contribution in [3.8, 4) is 0 Å². The quantitative estimate of drug-likeness (QED) is 0.329. The SMILES string of the molecule is Cc1cn([C@H]2CC[C@@H](OCP(=O)(O)OP(=O)(O)OP(=O)(O)O)C2)c(=O)[nH]c1=O. The van der Waals surface area contributed by atoms with Crippen LogP contribution < -0.4 is 11.2 Å². The minimum atomic E-state index is -5.51. The van der Waals surface area contributed by atoms with Crippen molar-refractivity contribution in [2.75, 3.05) is 6.35 Å². The molecule has 160 valence electrons. The van der Waals surface area contributed by atoms with E-state index in [2.05, 4.69) is 13.6 Å². The van der Waals surface area contributed by atoms with Gasteiger partial charge in [0.05, 0.1) is 6.10 Å². The zero-order chi connectivity index (χ0) is 21.3. The van der Waals surface area contributed by atoms with E-state index < -0.39 is 46.9 Å². The Morgan fingerprint density at radius 2 is 1.79 bits per heavy atom. The van der Waals surface area contributed by atoms with Crippen molar-refractivity contribution in [3.05, 3.63) is 32.6 Å². The zero-order valence-corrected chi connectivity index (χ0v) is 17.1. The molecule has 1 aliphatic carbocycles. The van der Waals surface area contributed by atoms with E-state index in [1.54, 1.807) is 0 Å². The summed E-state index contributed by atoms with van der Waals surface area (Å²) in [6.45, 7) is 1.53. The van der Waals surface area contributed by atoms with Crippen molar-refractivity contribution in [3.63, 3.8) is 0 Å². The molecule has 0 aromatic carbocycles. The Labute approximate surface area is 157 Å². The lowest BCUT2D eigenvalue weighted by molar-refractivity contribution is 0.0767. The summed E-state index contributed by atoms with van der Waals surface area (Å²) < 4.78 is 47.6. The van der Waals surface area contributed by atoms with Gasteiger partial charge in [-0.2, -0.15) is 4.31 Å². The first-order valence-electron chi connectivity index (χ1n) is 7.74. The van der Waals surface area contributed by atoms with Crippen LogP contribution in [0.1, 0.15) is 30.9 Å². The van der Waals surface area contributed by atoms with Gasteiger partial charge in [-0.05, 0) is 26.2 Å². The van der Waals surface area contributed by atoms with Crippen LogP contribution in [0.5, 0.6) is 0 Å². The summed E-state index contributed by atoms with van der Waals surface area (Å²) in [6.07, 6.45) is 0.849. The first-order chi connectivity index (χ1) is 12.7. The van der Waals surface area contributed by atoms with E-state index in [-0.39, 0.29) is 12.5 Å². The molecule has 2 unspecified atom stereocenters. The van der Waals surface area contributed by atoms with Gasteiger partial charge in [0.15, 0.2) is 0 Å². The summed E-state index contributed by atoms with van der Waals surface area (Å²) in [5.41, 5.74) is -0.773. The number of hydrogen-bond donors (Lipinski definition) is 5. The second-order valence-corrected chi connectivity index (χ2v) is 10.9. The molecule has 0 radical (unpaired) electrons. The molecule has 1 heterocycles.